The number of carbonyl (C=O) groups is 1. The number of carbonyl (C=O) groups excluding carboxylic acids is 1. The molecular weight excluding hydrogens is 422 g/mol. The van der Waals surface area contributed by atoms with Crippen molar-refractivity contribution in [1.29, 1.82) is 0 Å². The standard InChI is InChI=1S/C30H35NO3/c1-4-5-9-24-12-13-27(34-26-10-7-6-8-11-26)21-28(24)29(32)31-30(14-16-33-17-15-30)25-19-22(2)18-23(3)20-25/h6-8,10-13,18-21H,4-5,9,14-17H2,1-3H3,(H,31,32). The third-order valence-electron chi connectivity index (χ3n) is 6.58. The van der Waals surface area contributed by atoms with E-state index in [1.54, 1.807) is 0 Å². The molecule has 1 amide bonds. The summed E-state index contributed by atoms with van der Waals surface area (Å²) in [6.45, 7) is 7.65. The van der Waals surface area contributed by atoms with Gasteiger partial charge in [-0.05, 0) is 74.9 Å². The highest BCUT2D eigenvalue weighted by atomic mass is 16.5. The number of hydrogen-bond donors (Lipinski definition) is 1. The first-order valence-electron chi connectivity index (χ1n) is 12.3. The normalized spacial score (nSPS) is 15.0. The topological polar surface area (TPSA) is 47.6 Å². The summed E-state index contributed by atoms with van der Waals surface area (Å²) in [5.74, 6) is 1.38. The molecule has 0 spiro atoms. The summed E-state index contributed by atoms with van der Waals surface area (Å²) in [6, 6.07) is 22.1. The van der Waals surface area contributed by atoms with E-state index in [1.165, 1.54) is 11.1 Å². The zero-order valence-corrected chi connectivity index (χ0v) is 20.5. The van der Waals surface area contributed by atoms with Gasteiger partial charge in [-0.15, -0.1) is 0 Å². The molecule has 0 atom stereocenters. The van der Waals surface area contributed by atoms with E-state index >= 15 is 0 Å². The molecule has 0 aliphatic carbocycles. The zero-order valence-electron chi connectivity index (χ0n) is 20.5. The summed E-state index contributed by atoms with van der Waals surface area (Å²) in [5, 5.41) is 3.45. The second-order valence-corrected chi connectivity index (χ2v) is 9.36. The molecule has 4 heteroatoms. The Balaban J connectivity index is 1.67. The second kappa shape index (κ2) is 10.9. The van der Waals surface area contributed by atoms with Crippen LogP contribution >= 0.6 is 0 Å². The van der Waals surface area contributed by atoms with Crippen molar-refractivity contribution in [3.05, 3.63) is 94.5 Å². The molecule has 1 aliphatic heterocycles. The molecule has 3 aromatic rings. The van der Waals surface area contributed by atoms with Crippen LogP contribution in [0.1, 0.15) is 65.2 Å². The average Bonchev–Trinajstić information content (AvgIpc) is 2.84. The first-order valence-corrected chi connectivity index (χ1v) is 12.3. The highest BCUT2D eigenvalue weighted by Crippen LogP contribution is 2.34. The predicted octanol–water partition coefficient (Wildman–Crippen LogP) is 6.87. The first-order chi connectivity index (χ1) is 16.5. The third kappa shape index (κ3) is 5.68. The maximum absolute atomic E-state index is 13.8. The number of nitrogens with one attached hydrogen (secondary N) is 1. The van der Waals surface area contributed by atoms with Crippen molar-refractivity contribution in [2.75, 3.05) is 13.2 Å². The van der Waals surface area contributed by atoms with Gasteiger partial charge in [-0.2, -0.15) is 0 Å². The van der Waals surface area contributed by atoms with Gasteiger partial charge in [-0.3, -0.25) is 4.79 Å². The molecule has 1 heterocycles. The third-order valence-corrected chi connectivity index (χ3v) is 6.58. The summed E-state index contributed by atoms with van der Waals surface area (Å²) < 4.78 is 11.7. The number of aryl methyl sites for hydroxylation is 3. The van der Waals surface area contributed by atoms with Crippen LogP contribution in [0.2, 0.25) is 0 Å². The highest BCUT2D eigenvalue weighted by molar-refractivity contribution is 5.96. The van der Waals surface area contributed by atoms with Crippen LogP contribution in [0.3, 0.4) is 0 Å². The van der Waals surface area contributed by atoms with Crippen molar-refractivity contribution >= 4 is 5.91 Å². The quantitative estimate of drug-likeness (QED) is 0.401. The second-order valence-electron chi connectivity index (χ2n) is 9.36. The lowest BCUT2D eigenvalue weighted by Crippen LogP contribution is -2.49. The van der Waals surface area contributed by atoms with Crippen LogP contribution in [-0.2, 0) is 16.7 Å². The lowest BCUT2D eigenvalue weighted by Gasteiger charge is -2.39. The Morgan fingerprint density at radius 2 is 1.65 bits per heavy atom. The fourth-order valence-electron chi connectivity index (χ4n) is 4.78. The SMILES string of the molecule is CCCCc1ccc(Oc2ccccc2)cc1C(=O)NC1(c2cc(C)cc(C)c2)CCOCC1. The number of amides is 1. The Morgan fingerprint density at radius 3 is 2.32 bits per heavy atom. The largest absolute Gasteiger partial charge is 0.457 e. The van der Waals surface area contributed by atoms with E-state index in [0.717, 1.165) is 49.0 Å². The summed E-state index contributed by atoms with van der Waals surface area (Å²) in [5.41, 5.74) is 4.88. The van der Waals surface area contributed by atoms with Crippen LogP contribution in [0.5, 0.6) is 11.5 Å². The van der Waals surface area contributed by atoms with Gasteiger partial charge < -0.3 is 14.8 Å². The minimum Gasteiger partial charge on any atom is -0.457 e. The fourth-order valence-corrected chi connectivity index (χ4v) is 4.78. The zero-order chi connectivity index (χ0) is 24.0. The molecular formula is C30H35NO3. The van der Waals surface area contributed by atoms with Crippen LogP contribution in [0, 0.1) is 13.8 Å². The Morgan fingerprint density at radius 1 is 0.941 bits per heavy atom. The number of unbranched alkanes of at least 4 members (excludes halogenated alkanes) is 1. The first kappa shape index (κ1) is 24.0. The number of rotatable bonds is 8. The fraction of sp³-hybridized carbons (Fsp3) is 0.367. The lowest BCUT2D eigenvalue weighted by atomic mass is 9.81. The molecule has 0 bridgehead atoms. The van der Waals surface area contributed by atoms with Gasteiger partial charge in [-0.1, -0.05) is 66.9 Å². The number of hydrogen-bond acceptors (Lipinski definition) is 3. The van der Waals surface area contributed by atoms with Crippen LogP contribution in [0.4, 0.5) is 0 Å². The van der Waals surface area contributed by atoms with E-state index in [2.05, 4.69) is 44.3 Å². The maximum atomic E-state index is 13.8. The van der Waals surface area contributed by atoms with Gasteiger partial charge in [0.25, 0.3) is 5.91 Å². The van der Waals surface area contributed by atoms with Crippen molar-refractivity contribution in [3.8, 4) is 11.5 Å². The molecule has 0 aromatic heterocycles. The monoisotopic (exact) mass is 457 g/mol. The minimum atomic E-state index is -0.440. The van der Waals surface area contributed by atoms with E-state index in [4.69, 9.17) is 9.47 Å². The Hall–Kier alpha value is -3.11. The van der Waals surface area contributed by atoms with E-state index in [1.807, 2.05) is 48.5 Å². The van der Waals surface area contributed by atoms with Crippen molar-refractivity contribution < 1.29 is 14.3 Å². The van der Waals surface area contributed by atoms with Gasteiger partial charge in [0.2, 0.25) is 0 Å². The van der Waals surface area contributed by atoms with Gasteiger partial charge in [-0.25, -0.2) is 0 Å². The lowest BCUT2D eigenvalue weighted by molar-refractivity contribution is 0.0344. The number of ether oxygens (including phenoxy) is 2. The van der Waals surface area contributed by atoms with E-state index < -0.39 is 5.54 Å². The Kier molecular flexibility index (Phi) is 7.69. The van der Waals surface area contributed by atoms with Crippen LogP contribution in [-0.4, -0.2) is 19.1 Å². The summed E-state index contributed by atoms with van der Waals surface area (Å²) in [7, 11) is 0. The van der Waals surface area contributed by atoms with Gasteiger partial charge in [0, 0.05) is 18.8 Å². The number of para-hydroxylation sites is 1. The molecule has 34 heavy (non-hydrogen) atoms. The highest BCUT2D eigenvalue weighted by Gasteiger charge is 2.37. The summed E-state index contributed by atoms with van der Waals surface area (Å²) >= 11 is 0. The van der Waals surface area contributed by atoms with Crippen LogP contribution in [0.25, 0.3) is 0 Å². The summed E-state index contributed by atoms with van der Waals surface area (Å²) in [4.78, 5) is 13.8. The van der Waals surface area contributed by atoms with Gasteiger partial charge in [0.15, 0.2) is 0 Å². The molecule has 1 aliphatic rings. The van der Waals surface area contributed by atoms with Crippen molar-refractivity contribution in [1.82, 2.24) is 5.32 Å². The van der Waals surface area contributed by atoms with Crippen LogP contribution in [0.15, 0.2) is 66.7 Å². The molecule has 178 valence electrons. The number of benzene rings is 3. The van der Waals surface area contributed by atoms with Crippen molar-refractivity contribution in [3.63, 3.8) is 0 Å². The van der Waals surface area contributed by atoms with E-state index in [-0.39, 0.29) is 5.91 Å². The molecule has 1 saturated heterocycles. The van der Waals surface area contributed by atoms with Crippen molar-refractivity contribution in [2.24, 2.45) is 0 Å². The Labute approximate surface area is 203 Å². The van der Waals surface area contributed by atoms with E-state index in [9.17, 15) is 4.79 Å². The molecule has 4 rings (SSSR count). The van der Waals surface area contributed by atoms with Crippen LogP contribution < -0.4 is 10.1 Å². The van der Waals surface area contributed by atoms with E-state index in [0.29, 0.717) is 24.5 Å². The Bertz CT molecular complexity index is 1100. The molecule has 0 saturated carbocycles. The van der Waals surface area contributed by atoms with Gasteiger partial charge in [0.1, 0.15) is 11.5 Å². The molecule has 4 nitrogen and oxygen atoms in total. The van der Waals surface area contributed by atoms with Crippen molar-refractivity contribution in [2.45, 2.75) is 58.4 Å². The molecule has 1 fully saturated rings. The molecule has 0 radical (unpaired) electrons. The molecule has 1 N–H and O–H groups in total. The minimum absolute atomic E-state index is 0.0503. The smallest absolute Gasteiger partial charge is 0.252 e. The van der Waals surface area contributed by atoms with Gasteiger partial charge in [0.05, 0.1) is 5.54 Å². The maximum Gasteiger partial charge on any atom is 0.252 e. The summed E-state index contributed by atoms with van der Waals surface area (Å²) in [6.07, 6.45) is 4.49. The molecule has 3 aromatic carbocycles. The van der Waals surface area contributed by atoms with Gasteiger partial charge >= 0.3 is 0 Å². The average molecular weight is 458 g/mol. The predicted molar refractivity (Wildman–Crippen MR) is 137 cm³/mol. The molecule has 0 unspecified atom stereocenters.